The lowest BCUT2D eigenvalue weighted by molar-refractivity contribution is -0.151. The van der Waals surface area contributed by atoms with E-state index in [2.05, 4.69) is 18.7 Å². The van der Waals surface area contributed by atoms with Gasteiger partial charge in [-0.05, 0) is 37.6 Å². The van der Waals surface area contributed by atoms with Crippen molar-refractivity contribution in [3.05, 3.63) is 0 Å². The summed E-state index contributed by atoms with van der Waals surface area (Å²) in [5, 5.41) is 9.58. The third kappa shape index (κ3) is 3.31. The van der Waals surface area contributed by atoms with E-state index in [4.69, 9.17) is 0 Å². The highest BCUT2D eigenvalue weighted by Crippen LogP contribution is 2.39. The predicted octanol–water partition coefficient (Wildman–Crippen LogP) is 3.39. The second-order valence-electron chi connectivity index (χ2n) is 6.96. The van der Waals surface area contributed by atoms with Gasteiger partial charge in [-0.25, -0.2) is 0 Å². The van der Waals surface area contributed by atoms with Gasteiger partial charge in [0.1, 0.15) is 0 Å². The lowest BCUT2D eigenvalue weighted by atomic mass is 9.76. The van der Waals surface area contributed by atoms with Crippen molar-refractivity contribution in [1.82, 2.24) is 4.90 Å². The summed E-state index contributed by atoms with van der Waals surface area (Å²) in [7, 11) is 0. The molecule has 1 atom stereocenters. The first kappa shape index (κ1) is 14.8. The van der Waals surface area contributed by atoms with Crippen molar-refractivity contribution in [2.24, 2.45) is 17.3 Å². The molecular formula is C16H29NO2. The van der Waals surface area contributed by atoms with E-state index in [1.54, 1.807) is 0 Å². The van der Waals surface area contributed by atoms with Crippen LogP contribution < -0.4 is 0 Å². The van der Waals surface area contributed by atoms with Crippen molar-refractivity contribution < 1.29 is 9.90 Å². The lowest BCUT2D eigenvalue weighted by Gasteiger charge is -2.30. The fraction of sp³-hybridized carbons (Fsp3) is 0.938. The van der Waals surface area contributed by atoms with Gasteiger partial charge in [0.05, 0.1) is 5.41 Å². The molecule has 1 aliphatic carbocycles. The number of hydrogen-bond acceptors (Lipinski definition) is 2. The van der Waals surface area contributed by atoms with Gasteiger partial charge in [0.15, 0.2) is 0 Å². The van der Waals surface area contributed by atoms with Crippen LogP contribution in [0.4, 0.5) is 0 Å². The van der Waals surface area contributed by atoms with E-state index >= 15 is 0 Å². The Kier molecular flexibility index (Phi) is 4.88. The highest BCUT2D eigenvalue weighted by Gasteiger charge is 2.47. The predicted molar refractivity (Wildman–Crippen MR) is 77.2 cm³/mol. The molecule has 3 nitrogen and oxygen atoms in total. The van der Waals surface area contributed by atoms with Crippen LogP contribution in [-0.2, 0) is 4.79 Å². The van der Waals surface area contributed by atoms with Crippen LogP contribution in [0.15, 0.2) is 0 Å². The first-order chi connectivity index (χ1) is 9.04. The third-order valence-electron chi connectivity index (χ3n) is 5.40. The van der Waals surface area contributed by atoms with Gasteiger partial charge in [-0.15, -0.1) is 0 Å². The van der Waals surface area contributed by atoms with Gasteiger partial charge < -0.3 is 10.0 Å². The molecule has 0 amide bonds. The van der Waals surface area contributed by atoms with Crippen LogP contribution in [0.5, 0.6) is 0 Å². The Labute approximate surface area is 117 Å². The minimum absolute atomic E-state index is 0.226. The maximum Gasteiger partial charge on any atom is 0.311 e. The molecule has 1 unspecified atom stereocenters. The Morgan fingerprint density at radius 3 is 2.37 bits per heavy atom. The Balaban J connectivity index is 1.91. The molecule has 0 aromatic heterocycles. The second-order valence-corrected chi connectivity index (χ2v) is 6.96. The summed E-state index contributed by atoms with van der Waals surface area (Å²) in [6, 6.07) is 0. The van der Waals surface area contributed by atoms with Gasteiger partial charge in [-0.3, -0.25) is 4.79 Å². The molecule has 1 heterocycles. The first-order valence-electron chi connectivity index (χ1n) is 8.00. The van der Waals surface area contributed by atoms with Crippen LogP contribution in [0.2, 0.25) is 0 Å². The Morgan fingerprint density at radius 1 is 1.26 bits per heavy atom. The van der Waals surface area contributed by atoms with Gasteiger partial charge in [-0.1, -0.05) is 39.5 Å². The lowest BCUT2D eigenvalue weighted by Crippen LogP contribution is -2.40. The van der Waals surface area contributed by atoms with E-state index in [1.165, 1.54) is 38.5 Å². The average molecular weight is 267 g/mol. The van der Waals surface area contributed by atoms with Gasteiger partial charge in [0.25, 0.3) is 0 Å². The van der Waals surface area contributed by atoms with Crippen LogP contribution >= 0.6 is 0 Å². The monoisotopic (exact) mass is 267 g/mol. The summed E-state index contributed by atoms with van der Waals surface area (Å²) in [5.41, 5.74) is -0.495. The summed E-state index contributed by atoms with van der Waals surface area (Å²) < 4.78 is 0. The van der Waals surface area contributed by atoms with Gasteiger partial charge >= 0.3 is 5.97 Å². The third-order valence-corrected chi connectivity index (χ3v) is 5.40. The number of likely N-dealkylation sites (tertiary alicyclic amines) is 1. The largest absolute Gasteiger partial charge is 0.481 e. The molecule has 2 aliphatic rings. The van der Waals surface area contributed by atoms with Gasteiger partial charge in [-0.2, -0.15) is 0 Å². The first-order valence-corrected chi connectivity index (χ1v) is 8.00. The molecule has 110 valence electrons. The Hall–Kier alpha value is -0.570. The van der Waals surface area contributed by atoms with E-state index in [0.29, 0.717) is 0 Å². The molecule has 0 spiro atoms. The van der Waals surface area contributed by atoms with Crippen molar-refractivity contribution in [2.75, 3.05) is 19.6 Å². The molecule has 2 rings (SSSR count). The van der Waals surface area contributed by atoms with Crippen molar-refractivity contribution >= 4 is 5.97 Å². The minimum Gasteiger partial charge on any atom is -0.481 e. The summed E-state index contributed by atoms with van der Waals surface area (Å²) in [4.78, 5) is 14.1. The second kappa shape index (κ2) is 6.25. The maximum absolute atomic E-state index is 11.6. The fourth-order valence-electron chi connectivity index (χ4n) is 3.87. The zero-order valence-corrected chi connectivity index (χ0v) is 12.5. The smallest absolute Gasteiger partial charge is 0.311 e. The van der Waals surface area contributed by atoms with Crippen molar-refractivity contribution in [2.45, 2.75) is 58.8 Å². The number of hydrogen-bond donors (Lipinski definition) is 1. The van der Waals surface area contributed by atoms with Crippen LogP contribution in [-0.4, -0.2) is 35.6 Å². The SMILES string of the molecule is CC(C)C1(C(=O)O)CCN(CC2CCCCCC2)C1. The average Bonchev–Trinajstić information content (AvgIpc) is 2.62. The molecule has 1 aliphatic heterocycles. The molecule has 1 N–H and O–H groups in total. The summed E-state index contributed by atoms with van der Waals surface area (Å²) >= 11 is 0. The minimum atomic E-state index is -0.592. The zero-order chi connectivity index (χ0) is 13.9. The maximum atomic E-state index is 11.6. The van der Waals surface area contributed by atoms with Gasteiger partial charge in [0, 0.05) is 13.1 Å². The zero-order valence-electron chi connectivity index (χ0n) is 12.5. The Morgan fingerprint density at radius 2 is 1.89 bits per heavy atom. The number of carbonyl (C=O) groups is 1. The molecule has 0 bridgehead atoms. The highest BCUT2D eigenvalue weighted by atomic mass is 16.4. The van der Waals surface area contributed by atoms with Crippen molar-refractivity contribution in [3.63, 3.8) is 0 Å². The summed E-state index contributed by atoms with van der Waals surface area (Å²) in [5.74, 6) is 0.439. The van der Waals surface area contributed by atoms with Crippen molar-refractivity contribution in [3.8, 4) is 0 Å². The molecule has 1 saturated carbocycles. The number of carboxylic acid groups (broad SMARTS) is 1. The van der Waals surface area contributed by atoms with E-state index in [-0.39, 0.29) is 5.92 Å². The number of carboxylic acids is 1. The van der Waals surface area contributed by atoms with Crippen molar-refractivity contribution in [1.29, 1.82) is 0 Å². The van der Waals surface area contributed by atoms with E-state index in [1.807, 2.05) is 0 Å². The number of nitrogens with zero attached hydrogens (tertiary/aromatic N) is 1. The number of rotatable bonds is 4. The summed E-state index contributed by atoms with van der Waals surface area (Å²) in [6.07, 6.45) is 9.03. The standard InChI is InChI=1S/C16H29NO2/c1-13(2)16(15(18)19)9-10-17(12-16)11-14-7-5-3-4-6-8-14/h13-14H,3-12H2,1-2H3,(H,18,19). The molecular weight excluding hydrogens is 238 g/mol. The molecule has 0 radical (unpaired) electrons. The molecule has 0 aromatic rings. The van der Waals surface area contributed by atoms with Gasteiger partial charge in [0.2, 0.25) is 0 Å². The molecule has 2 fully saturated rings. The van der Waals surface area contributed by atoms with E-state index in [0.717, 1.165) is 32.0 Å². The fourth-order valence-corrected chi connectivity index (χ4v) is 3.87. The topological polar surface area (TPSA) is 40.5 Å². The molecule has 3 heteroatoms. The van der Waals surface area contributed by atoms with E-state index in [9.17, 15) is 9.90 Å². The number of aliphatic carboxylic acids is 1. The van der Waals surface area contributed by atoms with Crippen LogP contribution in [0.1, 0.15) is 58.8 Å². The highest BCUT2D eigenvalue weighted by molar-refractivity contribution is 5.75. The molecule has 19 heavy (non-hydrogen) atoms. The normalized spacial score (nSPS) is 30.7. The quantitative estimate of drug-likeness (QED) is 0.794. The Bertz CT molecular complexity index is 308. The van der Waals surface area contributed by atoms with Crippen LogP contribution in [0.25, 0.3) is 0 Å². The molecule has 0 aromatic carbocycles. The van der Waals surface area contributed by atoms with Crippen LogP contribution in [0, 0.1) is 17.3 Å². The molecule has 1 saturated heterocycles. The van der Waals surface area contributed by atoms with Crippen LogP contribution in [0.3, 0.4) is 0 Å². The van der Waals surface area contributed by atoms with E-state index < -0.39 is 11.4 Å². The summed E-state index contributed by atoms with van der Waals surface area (Å²) in [6.45, 7) is 6.98.